The van der Waals surface area contributed by atoms with Gasteiger partial charge in [-0.3, -0.25) is 0 Å². The largest absolute Gasteiger partial charge is 0.306 e. The van der Waals surface area contributed by atoms with Gasteiger partial charge in [0, 0.05) is 0 Å². The topological polar surface area (TPSA) is 3.24 Å². The van der Waals surface area contributed by atoms with Gasteiger partial charge in [0.25, 0.3) is 0 Å². The van der Waals surface area contributed by atoms with Gasteiger partial charge in [-0.1, -0.05) is 46.4 Å². The molecule has 0 radical (unpaired) electrons. The van der Waals surface area contributed by atoms with Crippen molar-refractivity contribution >= 4 is 7.92 Å². The summed E-state index contributed by atoms with van der Waals surface area (Å²) in [6.07, 6.45) is 18.6. The minimum Gasteiger partial charge on any atom is -0.306 e. The second-order valence-corrected chi connectivity index (χ2v) is 10.7. The summed E-state index contributed by atoms with van der Waals surface area (Å²) >= 11 is 0. The molecule has 0 bridgehead atoms. The molecule has 1 saturated heterocycles. The van der Waals surface area contributed by atoms with E-state index in [-0.39, 0.29) is 0 Å². The Hall–Kier alpha value is 0.390. The van der Waals surface area contributed by atoms with Crippen LogP contribution >= 0.6 is 7.92 Å². The third kappa shape index (κ3) is 3.77. The second kappa shape index (κ2) is 7.59. The summed E-state index contributed by atoms with van der Waals surface area (Å²) in [4.78, 5) is 2.56. The van der Waals surface area contributed by atoms with Crippen molar-refractivity contribution in [1.29, 1.82) is 0 Å². The van der Waals surface area contributed by atoms with Crippen molar-refractivity contribution in [1.82, 2.24) is 4.90 Å². The van der Waals surface area contributed by atoms with Crippen LogP contribution in [-0.4, -0.2) is 42.0 Å². The Balaban J connectivity index is 1.68. The van der Waals surface area contributed by atoms with Crippen LogP contribution in [0.15, 0.2) is 0 Å². The highest BCUT2D eigenvalue weighted by atomic mass is 31.1. The molecule has 0 unspecified atom stereocenters. The molecule has 0 aromatic rings. The zero-order chi connectivity index (χ0) is 13.8. The Morgan fingerprint density at radius 2 is 1.00 bits per heavy atom. The molecule has 3 aliphatic rings. The first kappa shape index (κ1) is 15.3. The molecule has 116 valence electrons. The van der Waals surface area contributed by atoms with E-state index in [0.717, 1.165) is 17.0 Å². The van der Waals surface area contributed by atoms with E-state index in [1.54, 1.807) is 51.4 Å². The summed E-state index contributed by atoms with van der Waals surface area (Å²) in [6.45, 7) is 2.76. The summed E-state index contributed by atoms with van der Waals surface area (Å²) in [5, 5.41) is 0. The zero-order valence-corrected chi connectivity index (χ0v) is 14.4. The van der Waals surface area contributed by atoms with E-state index in [0.29, 0.717) is 7.92 Å². The van der Waals surface area contributed by atoms with Gasteiger partial charge in [-0.25, -0.2) is 0 Å². The normalized spacial score (nSPS) is 29.1. The van der Waals surface area contributed by atoms with Gasteiger partial charge in [0.2, 0.25) is 0 Å². The molecule has 0 spiro atoms. The van der Waals surface area contributed by atoms with E-state index >= 15 is 0 Å². The number of likely N-dealkylation sites (tertiary alicyclic amines) is 1. The third-order valence-electron chi connectivity index (χ3n) is 6.10. The molecule has 20 heavy (non-hydrogen) atoms. The SMILES string of the molecule is CN1CCC(P(C2CCCCC2)C2CCCCC2)CC1. The minimum absolute atomic E-state index is 0.339. The van der Waals surface area contributed by atoms with Gasteiger partial charge in [-0.15, -0.1) is 0 Å². The fraction of sp³-hybridized carbons (Fsp3) is 1.00. The molecule has 1 nitrogen and oxygen atoms in total. The van der Waals surface area contributed by atoms with Gasteiger partial charge in [0.15, 0.2) is 0 Å². The lowest BCUT2D eigenvalue weighted by atomic mass is 9.99. The van der Waals surface area contributed by atoms with Gasteiger partial charge >= 0.3 is 0 Å². The zero-order valence-electron chi connectivity index (χ0n) is 13.5. The molecular weight excluding hydrogens is 261 g/mol. The number of piperidine rings is 1. The monoisotopic (exact) mass is 295 g/mol. The van der Waals surface area contributed by atoms with Crippen LogP contribution in [0.1, 0.15) is 77.0 Å². The standard InChI is InChI=1S/C18H34NP/c1-19-14-12-18(13-15-19)20(16-8-4-2-5-9-16)17-10-6-3-7-11-17/h16-18H,2-15H2,1H3. The maximum Gasteiger partial charge on any atom is -0.00158 e. The van der Waals surface area contributed by atoms with E-state index in [4.69, 9.17) is 0 Å². The average molecular weight is 295 g/mol. The first-order chi connectivity index (χ1) is 9.84. The highest BCUT2D eigenvalue weighted by molar-refractivity contribution is 7.60. The number of hydrogen-bond donors (Lipinski definition) is 0. The third-order valence-corrected chi connectivity index (χ3v) is 10.2. The van der Waals surface area contributed by atoms with Crippen LogP contribution in [0.2, 0.25) is 0 Å². The molecular formula is C18H34NP. The van der Waals surface area contributed by atoms with Crippen molar-refractivity contribution in [2.45, 2.75) is 94.0 Å². The van der Waals surface area contributed by atoms with Crippen molar-refractivity contribution in [3.63, 3.8) is 0 Å². The maximum atomic E-state index is 2.56. The first-order valence-electron chi connectivity index (χ1n) is 9.30. The van der Waals surface area contributed by atoms with E-state index in [1.807, 2.05) is 0 Å². The summed E-state index contributed by atoms with van der Waals surface area (Å²) in [5.41, 5.74) is 3.46. The molecule has 0 N–H and O–H groups in total. The van der Waals surface area contributed by atoms with E-state index in [1.165, 1.54) is 38.8 Å². The van der Waals surface area contributed by atoms with Crippen molar-refractivity contribution in [3.05, 3.63) is 0 Å². The molecule has 1 aliphatic heterocycles. The highest BCUT2D eigenvalue weighted by Gasteiger charge is 2.37. The Morgan fingerprint density at radius 1 is 0.600 bits per heavy atom. The fourth-order valence-corrected chi connectivity index (χ4v) is 9.48. The molecule has 3 rings (SSSR count). The van der Waals surface area contributed by atoms with Gasteiger partial charge in [0.05, 0.1) is 0 Å². The summed E-state index contributed by atoms with van der Waals surface area (Å²) in [5.74, 6) is 0. The predicted octanol–water partition coefficient (Wildman–Crippen LogP) is 5.23. The van der Waals surface area contributed by atoms with Crippen LogP contribution in [-0.2, 0) is 0 Å². The Labute approximate surface area is 127 Å². The number of hydrogen-bond acceptors (Lipinski definition) is 1. The predicted molar refractivity (Wildman–Crippen MR) is 91.2 cm³/mol. The van der Waals surface area contributed by atoms with Gasteiger partial charge in [-0.05, 0) is 75.6 Å². The summed E-state index contributed by atoms with van der Waals surface area (Å²) in [6, 6.07) is 0. The fourth-order valence-electron chi connectivity index (χ4n) is 4.95. The molecule has 2 saturated carbocycles. The van der Waals surface area contributed by atoms with Crippen molar-refractivity contribution in [2.75, 3.05) is 20.1 Å². The van der Waals surface area contributed by atoms with Crippen molar-refractivity contribution in [2.24, 2.45) is 0 Å². The average Bonchev–Trinajstić information content (AvgIpc) is 2.52. The van der Waals surface area contributed by atoms with Crippen LogP contribution in [0.3, 0.4) is 0 Å². The van der Waals surface area contributed by atoms with Crippen LogP contribution in [0.4, 0.5) is 0 Å². The molecule has 0 aromatic carbocycles. The summed E-state index contributed by atoms with van der Waals surface area (Å²) in [7, 11) is 2.66. The van der Waals surface area contributed by atoms with Crippen molar-refractivity contribution < 1.29 is 0 Å². The van der Waals surface area contributed by atoms with Crippen LogP contribution in [0, 0.1) is 0 Å². The Morgan fingerprint density at radius 3 is 1.45 bits per heavy atom. The van der Waals surface area contributed by atoms with Gasteiger partial charge in [0.1, 0.15) is 0 Å². The van der Waals surface area contributed by atoms with Crippen LogP contribution in [0.25, 0.3) is 0 Å². The lowest BCUT2D eigenvalue weighted by Crippen LogP contribution is -2.36. The molecule has 2 aliphatic carbocycles. The van der Waals surface area contributed by atoms with E-state index < -0.39 is 0 Å². The molecule has 2 heteroatoms. The van der Waals surface area contributed by atoms with Gasteiger partial charge < -0.3 is 4.90 Å². The lowest BCUT2D eigenvalue weighted by Gasteiger charge is -2.45. The van der Waals surface area contributed by atoms with Crippen LogP contribution in [0.5, 0.6) is 0 Å². The van der Waals surface area contributed by atoms with Crippen molar-refractivity contribution in [3.8, 4) is 0 Å². The quantitative estimate of drug-likeness (QED) is 0.645. The lowest BCUT2D eigenvalue weighted by molar-refractivity contribution is 0.278. The molecule has 1 heterocycles. The molecule has 0 atom stereocenters. The highest BCUT2D eigenvalue weighted by Crippen LogP contribution is 2.60. The van der Waals surface area contributed by atoms with Crippen LogP contribution < -0.4 is 0 Å². The molecule has 3 fully saturated rings. The smallest absolute Gasteiger partial charge is 0.00158 e. The number of nitrogens with zero attached hydrogens (tertiary/aromatic N) is 1. The first-order valence-corrected chi connectivity index (χ1v) is 10.9. The minimum atomic E-state index is 0.339. The van der Waals surface area contributed by atoms with E-state index in [9.17, 15) is 0 Å². The van der Waals surface area contributed by atoms with Gasteiger partial charge in [-0.2, -0.15) is 0 Å². The van der Waals surface area contributed by atoms with E-state index in [2.05, 4.69) is 11.9 Å². The summed E-state index contributed by atoms with van der Waals surface area (Å²) < 4.78 is 0. The molecule has 0 amide bonds. The maximum absolute atomic E-state index is 2.56. The second-order valence-electron chi connectivity index (χ2n) is 7.57. The Bertz CT molecular complexity index is 255. The molecule has 0 aromatic heterocycles. The Kier molecular flexibility index (Phi) is 5.80. The number of rotatable bonds is 3.